The summed E-state index contributed by atoms with van der Waals surface area (Å²) in [5.41, 5.74) is 1.11. The van der Waals surface area contributed by atoms with Gasteiger partial charge in [0.2, 0.25) is 5.91 Å². The molecule has 0 radical (unpaired) electrons. The van der Waals surface area contributed by atoms with Crippen molar-refractivity contribution in [3.8, 4) is 11.5 Å². The summed E-state index contributed by atoms with van der Waals surface area (Å²) >= 11 is 0. The van der Waals surface area contributed by atoms with Crippen molar-refractivity contribution in [2.75, 3.05) is 20.8 Å². The summed E-state index contributed by atoms with van der Waals surface area (Å²) in [6.45, 7) is 5.11. The molecule has 0 N–H and O–H groups in total. The molecule has 4 nitrogen and oxygen atoms in total. The van der Waals surface area contributed by atoms with Crippen molar-refractivity contribution in [1.82, 2.24) is 4.90 Å². The maximum Gasteiger partial charge on any atom is 0.225 e. The van der Waals surface area contributed by atoms with Crippen LogP contribution in [0.25, 0.3) is 0 Å². The summed E-state index contributed by atoms with van der Waals surface area (Å²) in [6.07, 6.45) is 5.30. The number of hydrogen-bond acceptors (Lipinski definition) is 3. The van der Waals surface area contributed by atoms with E-state index in [4.69, 9.17) is 9.47 Å². The van der Waals surface area contributed by atoms with Gasteiger partial charge in [-0.05, 0) is 49.8 Å². The molecule has 2 unspecified atom stereocenters. The predicted octanol–water partition coefficient (Wildman–Crippen LogP) is 3.67. The van der Waals surface area contributed by atoms with Gasteiger partial charge in [-0.1, -0.05) is 19.9 Å². The molecule has 1 saturated heterocycles. The van der Waals surface area contributed by atoms with E-state index in [2.05, 4.69) is 11.8 Å². The highest BCUT2D eigenvalue weighted by molar-refractivity contribution is 5.79. The lowest BCUT2D eigenvalue weighted by atomic mass is 9.95. The number of rotatable bonds is 6. The van der Waals surface area contributed by atoms with Gasteiger partial charge in [-0.25, -0.2) is 0 Å². The number of ether oxygens (including phenoxy) is 2. The van der Waals surface area contributed by atoms with E-state index in [0.29, 0.717) is 11.8 Å². The quantitative estimate of drug-likeness (QED) is 0.803. The third kappa shape index (κ3) is 4.18. The Kier molecular flexibility index (Phi) is 6.31. The van der Waals surface area contributed by atoms with Gasteiger partial charge in [-0.2, -0.15) is 0 Å². The van der Waals surface area contributed by atoms with E-state index in [1.165, 1.54) is 6.42 Å². The van der Waals surface area contributed by atoms with Gasteiger partial charge in [-0.15, -0.1) is 0 Å². The highest BCUT2D eigenvalue weighted by atomic mass is 16.5. The number of carbonyl (C=O) groups is 1. The largest absolute Gasteiger partial charge is 0.493 e. The first-order valence-electron chi connectivity index (χ1n) is 8.62. The molecular weight excluding hydrogens is 290 g/mol. The Morgan fingerprint density at radius 2 is 2.00 bits per heavy atom. The first-order valence-corrected chi connectivity index (χ1v) is 8.62. The first kappa shape index (κ1) is 17.6. The Hall–Kier alpha value is -1.71. The van der Waals surface area contributed by atoms with Crippen molar-refractivity contribution in [2.45, 2.75) is 52.0 Å². The van der Waals surface area contributed by atoms with Gasteiger partial charge in [-0.3, -0.25) is 4.79 Å². The summed E-state index contributed by atoms with van der Waals surface area (Å²) in [5, 5.41) is 0. The van der Waals surface area contributed by atoms with Crippen molar-refractivity contribution >= 4 is 5.91 Å². The second-order valence-electron chi connectivity index (χ2n) is 6.38. The molecular formula is C19H29NO3. The molecule has 0 aliphatic carbocycles. The number of amides is 1. The Bertz CT molecular complexity index is 529. The molecule has 0 saturated carbocycles. The zero-order chi connectivity index (χ0) is 16.8. The number of likely N-dealkylation sites (tertiary alicyclic amines) is 1. The number of methoxy groups -OCH3 is 2. The van der Waals surface area contributed by atoms with Gasteiger partial charge >= 0.3 is 0 Å². The molecule has 0 spiro atoms. The number of carbonyl (C=O) groups excluding carboxylic acids is 1. The van der Waals surface area contributed by atoms with Gasteiger partial charge < -0.3 is 14.4 Å². The number of hydrogen-bond donors (Lipinski definition) is 0. The third-order valence-corrected chi connectivity index (χ3v) is 4.79. The van der Waals surface area contributed by atoms with Crippen LogP contribution >= 0.6 is 0 Å². The minimum absolute atomic E-state index is 0.0137. The van der Waals surface area contributed by atoms with Gasteiger partial charge in [0.15, 0.2) is 11.5 Å². The minimum atomic E-state index is -0.0137. The standard InChI is InChI=1S/C19H29NO3/c1-5-16-8-6-7-11-20(16)19(21)14(2)12-15-9-10-17(22-3)18(13-15)23-4/h9-10,13-14,16H,5-8,11-12H2,1-4H3. The molecule has 1 fully saturated rings. The molecule has 0 aromatic heterocycles. The Morgan fingerprint density at radius 1 is 1.26 bits per heavy atom. The normalized spacial score (nSPS) is 19.3. The summed E-state index contributed by atoms with van der Waals surface area (Å²) in [7, 11) is 3.26. The fraction of sp³-hybridized carbons (Fsp3) is 0.632. The van der Waals surface area contributed by atoms with Crippen LogP contribution in [0.3, 0.4) is 0 Å². The maximum absolute atomic E-state index is 12.8. The van der Waals surface area contributed by atoms with Gasteiger partial charge in [0.1, 0.15) is 0 Å². The second kappa shape index (κ2) is 8.23. The minimum Gasteiger partial charge on any atom is -0.493 e. The maximum atomic E-state index is 12.8. The van der Waals surface area contributed by atoms with E-state index in [9.17, 15) is 4.79 Å². The first-order chi connectivity index (χ1) is 11.1. The fourth-order valence-corrected chi connectivity index (χ4v) is 3.45. The van der Waals surface area contributed by atoms with Crippen LogP contribution in [0.1, 0.15) is 45.1 Å². The SMILES string of the molecule is CCC1CCCCN1C(=O)C(C)Cc1ccc(OC)c(OC)c1. The molecule has 1 aliphatic rings. The van der Waals surface area contributed by atoms with Crippen molar-refractivity contribution < 1.29 is 14.3 Å². The lowest BCUT2D eigenvalue weighted by Gasteiger charge is -2.37. The summed E-state index contributed by atoms with van der Waals surface area (Å²) < 4.78 is 10.6. The molecule has 1 amide bonds. The zero-order valence-electron chi connectivity index (χ0n) is 14.8. The van der Waals surface area contributed by atoms with Crippen LogP contribution in [-0.4, -0.2) is 37.6 Å². The molecule has 2 rings (SSSR count). The van der Waals surface area contributed by atoms with Crippen molar-refractivity contribution in [1.29, 1.82) is 0 Å². The van der Waals surface area contributed by atoms with Crippen LogP contribution in [0.5, 0.6) is 11.5 Å². The highest BCUT2D eigenvalue weighted by Gasteiger charge is 2.28. The van der Waals surface area contributed by atoms with Crippen LogP contribution in [0.2, 0.25) is 0 Å². The van der Waals surface area contributed by atoms with E-state index >= 15 is 0 Å². The van der Waals surface area contributed by atoms with Crippen LogP contribution in [-0.2, 0) is 11.2 Å². The molecule has 1 heterocycles. The lowest BCUT2D eigenvalue weighted by Crippen LogP contribution is -2.46. The van der Waals surface area contributed by atoms with Crippen LogP contribution < -0.4 is 9.47 Å². The Balaban J connectivity index is 2.05. The Labute approximate surface area is 139 Å². The van der Waals surface area contributed by atoms with E-state index < -0.39 is 0 Å². The highest BCUT2D eigenvalue weighted by Crippen LogP contribution is 2.29. The molecule has 2 atom stereocenters. The third-order valence-electron chi connectivity index (χ3n) is 4.79. The van der Waals surface area contributed by atoms with Crippen molar-refractivity contribution in [2.24, 2.45) is 5.92 Å². The Morgan fingerprint density at radius 3 is 2.65 bits per heavy atom. The monoisotopic (exact) mass is 319 g/mol. The second-order valence-corrected chi connectivity index (χ2v) is 6.38. The van der Waals surface area contributed by atoms with Gasteiger partial charge in [0.05, 0.1) is 14.2 Å². The topological polar surface area (TPSA) is 38.8 Å². The molecule has 128 valence electrons. The van der Waals surface area contributed by atoms with E-state index in [1.807, 2.05) is 25.1 Å². The van der Waals surface area contributed by atoms with Gasteiger partial charge in [0.25, 0.3) is 0 Å². The van der Waals surface area contributed by atoms with Gasteiger partial charge in [0, 0.05) is 18.5 Å². The number of piperidine rings is 1. The molecule has 1 aromatic rings. The average Bonchev–Trinajstić information content (AvgIpc) is 2.60. The molecule has 1 aromatic carbocycles. The van der Waals surface area contributed by atoms with E-state index in [1.54, 1.807) is 14.2 Å². The smallest absolute Gasteiger partial charge is 0.225 e. The van der Waals surface area contributed by atoms with E-state index in [-0.39, 0.29) is 11.8 Å². The van der Waals surface area contributed by atoms with Crippen LogP contribution in [0.4, 0.5) is 0 Å². The summed E-state index contributed by atoms with van der Waals surface area (Å²) in [6, 6.07) is 6.31. The van der Waals surface area contributed by atoms with Crippen molar-refractivity contribution in [3.63, 3.8) is 0 Å². The molecule has 0 bridgehead atoms. The number of nitrogens with zero attached hydrogens (tertiary/aromatic N) is 1. The van der Waals surface area contributed by atoms with Crippen LogP contribution in [0, 0.1) is 5.92 Å². The zero-order valence-corrected chi connectivity index (χ0v) is 14.8. The van der Waals surface area contributed by atoms with Crippen molar-refractivity contribution in [3.05, 3.63) is 23.8 Å². The molecule has 1 aliphatic heterocycles. The van der Waals surface area contributed by atoms with Crippen LogP contribution in [0.15, 0.2) is 18.2 Å². The summed E-state index contributed by atoms with van der Waals surface area (Å²) in [5.74, 6) is 1.71. The average molecular weight is 319 g/mol. The van der Waals surface area contributed by atoms with E-state index in [0.717, 1.165) is 43.5 Å². The number of benzene rings is 1. The predicted molar refractivity (Wildman–Crippen MR) is 92.1 cm³/mol. The molecule has 4 heteroatoms. The molecule has 23 heavy (non-hydrogen) atoms. The fourth-order valence-electron chi connectivity index (χ4n) is 3.45. The summed E-state index contributed by atoms with van der Waals surface area (Å²) in [4.78, 5) is 14.9. The lowest BCUT2D eigenvalue weighted by molar-refractivity contribution is -0.138.